The standard InChI is InChI=1S/C31H23N3O6S/c35-28-20-10-5-11-21(32-20)29(36)34-27-19-9-4-2-7-17(19)15-23(27)40-31(38)25-13-12-24(41-25)30(37)39-22-14-16-6-1-3-8-18(16)26(22)33-28/h1-13,22-23,26-27H,14-15H2,(H,33,35)(H,34,36)/t22-,23-,26+,27+/m0/s1. The first kappa shape index (κ1) is 25.2. The number of carbonyl (C=O) groups is 4. The van der Waals surface area contributed by atoms with Gasteiger partial charge in [-0.1, -0.05) is 54.6 Å². The molecule has 41 heavy (non-hydrogen) atoms. The third kappa shape index (κ3) is 4.55. The molecule has 0 spiro atoms. The number of aromatic nitrogens is 1. The summed E-state index contributed by atoms with van der Waals surface area (Å²) in [4.78, 5) is 58.0. The highest BCUT2D eigenvalue weighted by Gasteiger charge is 2.39. The Morgan fingerprint density at radius 3 is 1.56 bits per heavy atom. The van der Waals surface area contributed by atoms with Gasteiger partial charge >= 0.3 is 11.9 Å². The number of esters is 2. The second-order valence-corrected chi connectivity index (χ2v) is 11.3. The van der Waals surface area contributed by atoms with E-state index in [9.17, 15) is 19.2 Å². The van der Waals surface area contributed by atoms with Crippen LogP contribution in [0.1, 0.15) is 74.7 Å². The van der Waals surface area contributed by atoms with Crippen molar-refractivity contribution in [3.63, 3.8) is 0 Å². The van der Waals surface area contributed by atoms with Gasteiger partial charge in [-0.2, -0.15) is 0 Å². The Bertz CT molecular complexity index is 1610. The molecule has 0 saturated carbocycles. The van der Waals surface area contributed by atoms with Crippen LogP contribution in [0.25, 0.3) is 0 Å². The molecule has 2 aliphatic carbocycles. The van der Waals surface area contributed by atoms with E-state index in [0.29, 0.717) is 12.8 Å². The van der Waals surface area contributed by atoms with Gasteiger partial charge in [-0.3, -0.25) is 9.59 Å². The van der Waals surface area contributed by atoms with Crippen molar-refractivity contribution in [2.24, 2.45) is 0 Å². The molecule has 2 aromatic heterocycles. The number of rotatable bonds is 0. The molecular weight excluding hydrogens is 542 g/mol. The summed E-state index contributed by atoms with van der Waals surface area (Å²) in [6.45, 7) is 0. The molecule has 2 amide bonds. The molecule has 2 aromatic carbocycles. The molecule has 2 N–H and O–H groups in total. The Morgan fingerprint density at radius 1 is 0.610 bits per heavy atom. The van der Waals surface area contributed by atoms with Crippen LogP contribution in [0, 0.1) is 0 Å². The highest BCUT2D eigenvalue weighted by atomic mass is 32.1. The Morgan fingerprint density at radius 2 is 1.07 bits per heavy atom. The minimum absolute atomic E-state index is 0.0472. The highest BCUT2D eigenvalue weighted by Crippen LogP contribution is 2.36. The van der Waals surface area contributed by atoms with Crippen LogP contribution in [-0.4, -0.2) is 40.9 Å². The molecule has 3 aliphatic rings. The SMILES string of the molecule is O=C1N[C@@H]2c3ccccc3C[C@@H]2OC(=O)c2ccc(s2)C(=O)O[C@H]2Cc3ccccc3[C@H]2NC(=O)c2cccc1n2. The van der Waals surface area contributed by atoms with E-state index in [2.05, 4.69) is 15.6 Å². The normalized spacial score (nSPS) is 23.4. The van der Waals surface area contributed by atoms with E-state index in [0.717, 1.165) is 33.6 Å². The smallest absolute Gasteiger partial charge is 0.348 e. The Hall–Kier alpha value is -4.83. The number of ether oxygens (including phenoxy) is 2. The van der Waals surface area contributed by atoms with Crippen LogP contribution in [0.5, 0.6) is 0 Å². The summed E-state index contributed by atoms with van der Waals surface area (Å²) < 4.78 is 11.8. The van der Waals surface area contributed by atoms with Gasteiger partial charge in [0, 0.05) is 12.8 Å². The number of thiophene rings is 1. The molecule has 7 rings (SSSR count). The summed E-state index contributed by atoms with van der Waals surface area (Å²) in [5.41, 5.74) is 3.67. The van der Waals surface area contributed by atoms with Crippen molar-refractivity contribution >= 4 is 35.1 Å². The monoisotopic (exact) mass is 565 g/mol. The zero-order chi connectivity index (χ0) is 28.1. The van der Waals surface area contributed by atoms with Gasteiger partial charge in [-0.05, 0) is 46.5 Å². The van der Waals surface area contributed by atoms with E-state index in [1.807, 2.05) is 48.5 Å². The number of carbonyl (C=O) groups excluding carboxylic acids is 4. The van der Waals surface area contributed by atoms with E-state index in [-0.39, 0.29) is 21.1 Å². The first-order valence-corrected chi connectivity index (χ1v) is 14.0. The van der Waals surface area contributed by atoms with Crippen molar-refractivity contribution in [2.45, 2.75) is 37.1 Å². The predicted octanol–water partition coefficient (Wildman–Crippen LogP) is 3.96. The van der Waals surface area contributed by atoms with Crippen LogP contribution in [0.15, 0.2) is 78.9 Å². The molecule has 204 valence electrons. The maximum atomic E-state index is 13.4. The van der Waals surface area contributed by atoms with E-state index < -0.39 is 48.0 Å². The van der Waals surface area contributed by atoms with E-state index >= 15 is 0 Å². The summed E-state index contributed by atoms with van der Waals surface area (Å²) >= 11 is 0.982. The lowest BCUT2D eigenvalue weighted by Gasteiger charge is -2.23. The number of nitrogens with one attached hydrogen (secondary N) is 2. The number of nitrogens with zero attached hydrogens (tertiary/aromatic N) is 1. The third-order valence-corrected chi connectivity index (χ3v) is 8.72. The van der Waals surface area contributed by atoms with Crippen molar-refractivity contribution < 1.29 is 28.7 Å². The number of hydrogen-bond donors (Lipinski definition) is 2. The van der Waals surface area contributed by atoms with Crippen LogP contribution in [0.4, 0.5) is 0 Å². The zero-order valence-electron chi connectivity index (χ0n) is 21.5. The van der Waals surface area contributed by atoms with Crippen molar-refractivity contribution in [2.75, 3.05) is 0 Å². The topological polar surface area (TPSA) is 124 Å². The third-order valence-electron chi connectivity index (χ3n) is 7.68. The van der Waals surface area contributed by atoms with Gasteiger partial charge in [0.15, 0.2) is 0 Å². The van der Waals surface area contributed by atoms with E-state index in [1.165, 1.54) is 24.3 Å². The fourth-order valence-corrected chi connectivity index (χ4v) is 6.52. The minimum atomic E-state index is -0.676. The number of pyridine rings is 1. The van der Waals surface area contributed by atoms with Gasteiger partial charge in [0.2, 0.25) is 0 Å². The summed E-state index contributed by atoms with van der Waals surface area (Å²) in [5, 5.41) is 5.92. The molecule has 3 heterocycles. The molecule has 0 unspecified atom stereocenters. The van der Waals surface area contributed by atoms with Crippen LogP contribution < -0.4 is 10.6 Å². The lowest BCUT2D eigenvalue weighted by atomic mass is 10.1. The molecule has 0 fully saturated rings. The van der Waals surface area contributed by atoms with Crippen LogP contribution >= 0.6 is 11.3 Å². The molecular formula is C31H23N3O6S. The van der Waals surface area contributed by atoms with Crippen molar-refractivity contribution in [3.8, 4) is 0 Å². The van der Waals surface area contributed by atoms with Gasteiger partial charge in [-0.15, -0.1) is 11.3 Å². The first-order valence-electron chi connectivity index (χ1n) is 13.2. The lowest BCUT2D eigenvalue weighted by molar-refractivity contribution is 0.0232. The maximum Gasteiger partial charge on any atom is 0.348 e. The van der Waals surface area contributed by atoms with Gasteiger partial charge in [-0.25, -0.2) is 14.6 Å². The Kier molecular flexibility index (Phi) is 6.12. The lowest BCUT2D eigenvalue weighted by Crippen LogP contribution is -2.38. The fraction of sp³-hybridized carbons (Fsp3) is 0.194. The molecule has 0 saturated heterocycles. The van der Waals surface area contributed by atoms with Crippen LogP contribution in [0.3, 0.4) is 0 Å². The predicted molar refractivity (Wildman–Crippen MR) is 148 cm³/mol. The molecule has 9 nitrogen and oxygen atoms in total. The van der Waals surface area contributed by atoms with Gasteiger partial charge in [0.05, 0.1) is 12.1 Å². The summed E-state index contributed by atoms with van der Waals surface area (Å²) in [6.07, 6.45) is -0.534. The highest BCUT2D eigenvalue weighted by molar-refractivity contribution is 7.15. The van der Waals surface area contributed by atoms with Gasteiger partial charge < -0.3 is 20.1 Å². The van der Waals surface area contributed by atoms with Crippen molar-refractivity contribution in [1.82, 2.24) is 15.6 Å². The zero-order valence-corrected chi connectivity index (χ0v) is 22.4. The average Bonchev–Trinajstić information content (AvgIpc) is 3.70. The molecule has 10 heteroatoms. The molecule has 4 aromatic rings. The van der Waals surface area contributed by atoms with Crippen molar-refractivity contribution in [3.05, 3.63) is 122 Å². The first-order chi connectivity index (χ1) is 19.9. The molecule has 4 bridgehead atoms. The largest absolute Gasteiger partial charge is 0.455 e. The van der Waals surface area contributed by atoms with Gasteiger partial charge in [0.1, 0.15) is 33.4 Å². The van der Waals surface area contributed by atoms with Crippen LogP contribution in [0.2, 0.25) is 0 Å². The summed E-state index contributed by atoms with van der Waals surface area (Å²) in [5.74, 6) is -2.18. The molecule has 0 radical (unpaired) electrons. The number of fused-ring (bicyclic) bond motifs is 10. The van der Waals surface area contributed by atoms with Gasteiger partial charge in [0.25, 0.3) is 11.8 Å². The second-order valence-electron chi connectivity index (χ2n) is 10.2. The van der Waals surface area contributed by atoms with E-state index in [1.54, 1.807) is 6.07 Å². The van der Waals surface area contributed by atoms with E-state index in [4.69, 9.17) is 9.47 Å². The number of benzene rings is 2. The van der Waals surface area contributed by atoms with Crippen molar-refractivity contribution in [1.29, 1.82) is 0 Å². The summed E-state index contributed by atoms with van der Waals surface area (Å²) in [6, 6.07) is 21.6. The summed E-state index contributed by atoms with van der Waals surface area (Å²) in [7, 11) is 0. The number of hydrogen-bond acceptors (Lipinski definition) is 8. The fourth-order valence-electron chi connectivity index (χ4n) is 5.74. The molecule has 1 aliphatic heterocycles. The Labute approximate surface area is 238 Å². The average molecular weight is 566 g/mol. The maximum absolute atomic E-state index is 13.4. The Balaban J connectivity index is 1.28. The quantitative estimate of drug-likeness (QED) is 0.309. The second kappa shape index (κ2) is 9.97. The van der Waals surface area contributed by atoms with Crippen LogP contribution in [-0.2, 0) is 22.3 Å². The minimum Gasteiger partial charge on any atom is -0.455 e. The molecule has 4 atom stereocenters. The number of amides is 2.